The Morgan fingerprint density at radius 2 is 1.72 bits per heavy atom. The fourth-order valence-electron chi connectivity index (χ4n) is 3.67. The van der Waals surface area contributed by atoms with Crippen molar-refractivity contribution in [2.75, 3.05) is 13.2 Å². The zero-order valence-corrected chi connectivity index (χ0v) is 22.7. The van der Waals surface area contributed by atoms with E-state index in [1.807, 2.05) is 37.3 Å². The van der Waals surface area contributed by atoms with Crippen LogP contribution in [0.4, 0.5) is 0 Å². The Morgan fingerprint density at radius 1 is 0.949 bits per heavy atom. The molecule has 198 valence electrons. The summed E-state index contributed by atoms with van der Waals surface area (Å²) in [4.78, 5) is 37.6. The molecule has 0 atom stereocenters. The second-order valence-corrected chi connectivity index (χ2v) is 9.36. The monoisotopic (exact) mass is 587 g/mol. The number of rotatable bonds is 10. The second-order valence-electron chi connectivity index (χ2n) is 8.45. The van der Waals surface area contributed by atoms with E-state index in [1.54, 1.807) is 54.6 Å². The summed E-state index contributed by atoms with van der Waals surface area (Å²) in [6, 6.07) is 24.7. The van der Waals surface area contributed by atoms with E-state index in [4.69, 9.17) is 9.47 Å². The highest BCUT2D eigenvalue weighted by Gasteiger charge is 2.13. The van der Waals surface area contributed by atoms with Crippen molar-refractivity contribution in [2.45, 2.75) is 13.3 Å². The lowest BCUT2D eigenvalue weighted by molar-refractivity contribution is -0.120. The van der Waals surface area contributed by atoms with Gasteiger partial charge in [-0.3, -0.25) is 9.59 Å². The lowest BCUT2D eigenvalue weighted by Crippen LogP contribution is -2.35. The Bertz CT molecular complexity index is 1510. The maximum absolute atomic E-state index is 12.7. The van der Waals surface area contributed by atoms with Crippen LogP contribution in [0.1, 0.15) is 39.6 Å². The van der Waals surface area contributed by atoms with Crippen molar-refractivity contribution in [1.29, 1.82) is 0 Å². The van der Waals surface area contributed by atoms with Gasteiger partial charge in [-0.2, -0.15) is 5.10 Å². The summed E-state index contributed by atoms with van der Waals surface area (Å²) < 4.78 is 11.8. The number of benzene rings is 4. The van der Waals surface area contributed by atoms with Crippen LogP contribution >= 0.6 is 15.9 Å². The van der Waals surface area contributed by atoms with E-state index in [1.165, 1.54) is 6.21 Å². The first-order valence-corrected chi connectivity index (χ1v) is 13.1. The molecule has 9 heteroatoms. The number of carbonyl (C=O) groups is 3. The molecule has 8 nitrogen and oxygen atoms in total. The molecule has 0 spiro atoms. The Morgan fingerprint density at radius 3 is 2.51 bits per heavy atom. The van der Waals surface area contributed by atoms with Crippen LogP contribution in [-0.2, 0) is 4.79 Å². The molecule has 0 aliphatic carbocycles. The van der Waals surface area contributed by atoms with Crippen LogP contribution in [0.5, 0.6) is 11.5 Å². The van der Waals surface area contributed by atoms with Gasteiger partial charge in [0.25, 0.3) is 11.8 Å². The first kappa shape index (κ1) is 27.5. The summed E-state index contributed by atoms with van der Waals surface area (Å²) in [5, 5.41) is 8.30. The number of ether oxygens (including phenoxy) is 2. The van der Waals surface area contributed by atoms with E-state index in [9.17, 15) is 14.4 Å². The quantitative estimate of drug-likeness (QED) is 0.110. The molecule has 2 amide bonds. The minimum absolute atomic E-state index is 0.261. The van der Waals surface area contributed by atoms with Crippen molar-refractivity contribution in [3.05, 3.63) is 106 Å². The summed E-state index contributed by atoms with van der Waals surface area (Å²) in [5.41, 5.74) is 3.68. The van der Waals surface area contributed by atoms with Crippen LogP contribution in [0.2, 0.25) is 0 Å². The highest BCUT2D eigenvalue weighted by molar-refractivity contribution is 9.10. The summed E-state index contributed by atoms with van der Waals surface area (Å²) in [7, 11) is 0. The maximum Gasteiger partial charge on any atom is 0.343 e. The number of nitrogens with zero attached hydrogens (tertiary/aromatic N) is 1. The normalized spacial score (nSPS) is 10.8. The zero-order chi connectivity index (χ0) is 27.6. The summed E-state index contributed by atoms with van der Waals surface area (Å²) in [5.74, 6) is -0.490. The number of halogens is 1. The van der Waals surface area contributed by atoms with Crippen molar-refractivity contribution < 1.29 is 23.9 Å². The number of amides is 2. The van der Waals surface area contributed by atoms with Crippen molar-refractivity contribution in [1.82, 2.24) is 10.7 Å². The largest absolute Gasteiger partial charge is 0.494 e. The van der Waals surface area contributed by atoms with Crippen LogP contribution in [0.25, 0.3) is 10.8 Å². The molecular formula is C30H26BrN3O5. The van der Waals surface area contributed by atoms with Crippen LogP contribution in [-0.4, -0.2) is 37.1 Å². The number of nitrogens with one attached hydrogen (secondary N) is 2. The molecule has 39 heavy (non-hydrogen) atoms. The molecule has 0 heterocycles. The topological polar surface area (TPSA) is 106 Å². The molecule has 0 saturated heterocycles. The van der Waals surface area contributed by atoms with Crippen LogP contribution in [0.15, 0.2) is 94.5 Å². The third-order valence-electron chi connectivity index (χ3n) is 5.57. The summed E-state index contributed by atoms with van der Waals surface area (Å²) in [6.07, 6.45) is 2.25. The fraction of sp³-hybridized carbons (Fsp3) is 0.133. The molecule has 0 unspecified atom stereocenters. The number of hydrogen-bond donors (Lipinski definition) is 2. The average molecular weight is 588 g/mol. The molecule has 0 bridgehead atoms. The van der Waals surface area contributed by atoms with E-state index in [2.05, 4.69) is 31.8 Å². The van der Waals surface area contributed by atoms with Gasteiger partial charge in [0.15, 0.2) is 0 Å². The number of hydrogen-bond acceptors (Lipinski definition) is 6. The van der Waals surface area contributed by atoms with E-state index < -0.39 is 11.9 Å². The number of fused-ring (bicyclic) bond motifs is 1. The van der Waals surface area contributed by atoms with Crippen LogP contribution in [0, 0.1) is 0 Å². The van der Waals surface area contributed by atoms with Crippen LogP contribution in [0.3, 0.4) is 0 Å². The average Bonchev–Trinajstić information content (AvgIpc) is 2.96. The standard InChI is InChI=1S/C30H26BrN3O5/c1-2-16-38-24-13-10-21(11-14-24)30(37)39-27-15-12-23(31)17-22(27)18-33-34-28(35)19-32-29(36)26-9-5-7-20-6-3-4-8-25(20)26/h3-15,17-18H,2,16,19H2,1H3,(H,32,36)(H,34,35)/b33-18-. The molecule has 0 aromatic heterocycles. The van der Waals surface area contributed by atoms with E-state index >= 15 is 0 Å². The Labute approximate surface area is 234 Å². The maximum atomic E-state index is 12.7. The number of esters is 1. The van der Waals surface area contributed by atoms with E-state index in [0.717, 1.165) is 21.7 Å². The van der Waals surface area contributed by atoms with Crippen molar-refractivity contribution >= 4 is 50.7 Å². The lowest BCUT2D eigenvalue weighted by Gasteiger charge is -2.09. The van der Waals surface area contributed by atoms with Gasteiger partial charge < -0.3 is 14.8 Å². The molecule has 0 fully saturated rings. The van der Waals surface area contributed by atoms with Crippen molar-refractivity contribution in [2.24, 2.45) is 5.10 Å². The number of hydrazone groups is 1. The van der Waals surface area contributed by atoms with Gasteiger partial charge in [-0.15, -0.1) is 0 Å². The van der Waals surface area contributed by atoms with Gasteiger partial charge in [-0.1, -0.05) is 59.3 Å². The predicted octanol–water partition coefficient (Wildman–Crippen LogP) is 5.49. The molecule has 2 N–H and O–H groups in total. The molecule has 0 saturated carbocycles. The van der Waals surface area contributed by atoms with Gasteiger partial charge in [0.1, 0.15) is 11.5 Å². The highest BCUT2D eigenvalue weighted by Crippen LogP contribution is 2.23. The van der Waals surface area contributed by atoms with Gasteiger partial charge in [-0.05, 0) is 65.7 Å². The second kappa shape index (κ2) is 13.3. The summed E-state index contributed by atoms with van der Waals surface area (Å²) >= 11 is 3.39. The van der Waals surface area contributed by atoms with E-state index in [0.29, 0.717) is 29.0 Å². The minimum Gasteiger partial charge on any atom is -0.494 e. The first-order valence-electron chi connectivity index (χ1n) is 12.3. The molecule has 4 aromatic carbocycles. The molecule has 0 aliphatic heterocycles. The highest BCUT2D eigenvalue weighted by atomic mass is 79.9. The predicted molar refractivity (Wildman–Crippen MR) is 153 cm³/mol. The van der Waals surface area contributed by atoms with Crippen LogP contribution < -0.4 is 20.2 Å². The SMILES string of the molecule is CCCOc1ccc(C(=O)Oc2ccc(Br)cc2/C=N\NC(=O)CNC(=O)c2cccc3ccccc23)cc1. The van der Waals surface area contributed by atoms with Gasteiger partial charge in [0.2, 0.25) is 0 Å². The van der Waals surface area contributed by atoms with Gasteiger partial charge >= 0.3 is 5.97 Å². The third-order valence-corrected chi connectivity index (χ3v) is 6.07. The van der Waals surface area contributed by atoms with Crippen molar-refractivity contribution in [3.63, 3.8) is 0 Å². The molecular weight excluding hydrogens is 562 g/mol. The van der Waals surface area contributed by atoms with Gasteiger partial charge in [0, 0.05) is 15.6 Å². The van der Waals surface area contributed by atoms with Crippen molar-refractivity contribution in [3.8, 4) is 11.5 Å². The Hall–Kier alpha value is -4.50. The molecule has 0 aliphatic rings. The summed E-state index contributed by atoms with van der Waals surface area (Å²) in [6.45, 7) is 2.35. The molecule has 4 aromatic rings. The third kappa shape index (κ3) is 7.52. The lowest BCUT2D eigenvalue weighted by atomic mass is 10.0. The molecule has 4 rings (SSSR count). The first-order chi connectivity index (χ1) is 18.9. The minimum atomic E-state index is -0.547. The van der Waals surface area contributed by atoms with E-state index in [-0.39, 0.29) is 18.2 Å². The van der Waals surface area contributed by atoms with Gasteiger partial charge in [0.05, 0.1) is 24.9 Å². The fourth-order valence-corrected chi connectivity index (χ4v) is 4.05. The zero-order valence-electron chi connectivity index (χ0n) is 21.1. The smallest absolute Gasteiger partial charge is 0.343 e. The Balaban J connectivity index is 1.35. The Kier molecular flexibility index (Phi) is 9.42. The van der Waals surface area contributed by atoms with Gasteiger partial charge in [-0.25, -0.2) is 10.2 Å². The number of carbonyl (C=O) groups excluding carboxylic acids is 3. The molecule has 0 radical (unpaired) electrons.